The SMILES string of the molecule is Cc1cc(C2C(c3ccccn3)NC(=S)N2CCC(=O)Nc2ccccc2F)c(C)n1-c1ccc(Cl)cc1. The molecule has 2 atom stereocenters. The molecule has 194 valence electrons. The van der Waals surface area contributed by atoms with E-state index in [4.69, 9.17) is 23.8 Å². The molecule has 2 N–H and O–H groups in total. The molecular formula is C29H27ClFN5OS. The number of rotatable bonds is 7. The molecule has 6 nitrogen and oxygen atoms in total. The first-order valence-corrected chi connectivity index (χ1v) is 13.1. The standard InChI is InChI=1S/C29H27ClFN5OS/c1-18-17-22(19(2)36(18)21-12-10-20(30)11-13-21)28-27(25-9-5-6-15-32-25)34-29(38)35(28)16-14-26(37)33-24-8-4-3-7-23(24)31/h3-13,15,17,27-28H,14,16H2,1-2H3,(H,33,37)(H,34,38). The highest BCUT2D eigenvalue weighted by Gasteiger charge is 2.41. The van der Waals surface area contributed by atoms with Crippen molar-refractivity contribution in [1.82, 2.24) is 19.8 Å². The van der Waals surface area contributed by atoms with Crippen LogP contribution in [0.4, 0.5) is 10.1 Å². The summed E-state index contributed by atoms with van der Waals surface area (Å²) < 4.78 is 16.2. The molecule has 0 aliphatic carbocycles. The minimum absolute atomic E-state index is 0.136. The Bertz CT molecular complexity index is 1470. The average Bonchev–Trinajstić information content (AvgIpc) is 3.39. The van der Waals surface area contributed by atoms with E-state index in [9.17, 15) is 9.18 Å². The first-order chi connectivity index (χ1) is 18.3. The second-order valence-corrected chi connectivity index (χ2v) is 10.1. The van der Waals surface area contributed by atoms with E-state index in [1.165, 1.54) is 6.07 Å². The maximum atomic E-state index is 14.0. The van der Waals surface area contributed by atoms with Crippen LogP contribution in [0.3, 0.4) is 0 Å². The molecule has 2 aromatic heterocycles. The third-order valence-corrected chi connectivity index (χ3v) is 7.40. The van der Waals surface area contributed by atoms with E-state index < -0.39 is 5.82 Å². The van der Waals surface area contributed by atoms with Gasteiger partial charge in [-0.15, -0.1) is 0 Å². The highest BCUT2D eigenvalue weighted by atomic mass is 35.5. The van der Waals surface area contributed by atoms with E-state index in [1.54, 1.807) is 24.4 Å². The van der Waals surface area contributed by atoms with Gasteiger partial charge in [-0.2, -0.15) is 0 Å². The van der Waals surface area contributed by atoms with Crippen molar-refractivity contribution < 1.29 is 9.18 Å². The highest BCUT2D eigenvalue weighted by Crippen LogP contribution is 2.41. The summed E-state index contributed by atoms with van der Waals surface area (Å²) in [5.74, 6) is -0.758. The zero-order chi connectivity index (χ0) is 26.8. The third-order valence-electron chi connectivity index (χ3n) is 6.80. The van der Waals surface area contributed by atoms with Crippen LogP contribution in [0.15, 0.2) is 79.0 Å². The van der Waals surface area contributed by atoms with Crippen molar-refractivity contribution in [3.63, 3.8) is 0 Å². The minimum atomic E-state index is -0.470. The van der Waals surface area contributed by atoms with E-state index in [2.05, 4.69) is 40.1 Å². The number of benzene rings is 2. The van der Waals surface area contributed by atoms with Gasteiger partial charge in [-0.05, 0) is 86.2 Å². The van der Waals surface area contributed by atoms with Crippen LogP contribution in [0.5, 0.6) is 0 Å². The molecule has 2 aromatic carbocycles. The van der Waals surface area contributed by atoms with Crippen molar-refractivity contribution in [3.8, 4) is 5.69 Å². The number of pyridine rings is 1. The Balaban J connectivity index is 1.47. The van der Waals surface area contributed by atoms with Crippen LogP contribution in [0.25, 0.3) is 5.69 Å². The van der Waals surface area contributed by atoms with E-state index in [0.717, 1.165) is 28.3 Å². The predicted octanol–water partition coefficient (Wildman–Crippen LogP) is 6.28. The Hall–Kier alpha value is -3.75. The van der Waals surface area contributed by atoms with Crippen molar-refractivity contribution in [2.75, 3.05) is 11.9 Å². The second-order valence-electron chi connectivity index (χ2n) is 9.24. The van der Waals surface area contributed by atoms with Gasteiger partial charge < -0.3 is 20.1 Å². The zero-order valence-corrected chi connectivity index (χ0v) is 22.6. The van der Waals surface area contributed by atoms with Crippen LogP contribution >= 0.6 is 23.8 Å². The summed E-state index contributed by atoms with van der Waals surface area (Å²) in [4.78, 5) is 19.4. The van der Waals surface area contributed by atoms with Crippen LogP contribution < -0.4 is 10.6 Å². The second kappa shape index (κ2) is 10.9. The summed E-state index contributed by atoms with van der Waals surface area (Å²) in [6, 6.07) is 21.4. The van der Waals surface area contributed by atoms with Gasteiger partial charge in [0.25, 0.3) is 0 Å². The molecule has 9 heteroatoms. The summed E-state index contributed by atoms with van der Waals surface area (Å²) in [7, 11) is 0. The topological polar surface area (TPSA) is 62.2 Å². The molecule has 1 saturated heterocycles. The Labute approximate surface area is 231 Å². The molecule has 0 radical (unpaired) electrons. The number of carbonyl (C=O) groups excluding carboxylic acids is 1. The summed E-state index contributed by atoms with van der Waals surface area (Å²) in [6.07, 6.45) is 1.90. The number of hydrogen-bond donors (Lipinski definition) is 2. The fourth-order valence-electron chi connectivity index (χ4n) is 5.06. The lowest BCUT2D eigenvalue weighted by molar-refractivity contribution is -0.116. The van der Waals surface area contributed by atoms with Crippen molar-refractivity contribution >= 4 is 40.5 Å². The van der Waals surface area contributed by atoms with Crippen LogP contribution in [0, 0.1) is 19.7 Å². The van der Waals surface area contributed by atoms with Gasteiger partial charge >= 0.3 is 0 Å². The van der Waals surface area contributed by atoms with Crippen LogP contribution in [-0.4, -0.2) is 32.0 Å². The summed E-state index contributed by atoms with van der Waals surface area (Å²) in [5, 5.41) is 7.32. The van der Waals surface area contributed by atoms with E-state index >= 15 is 0 Å². The maximum Gasteiger partial charge on any atom is 0.226 e. The fraction of sp³-hybridized carbons (Fsp3) is 0.207. The molecule has 0 bridgehead atoms. The highest BCUT2D eigenvalue weighted by molar-refractivity contribution is 7.80. The first kappa shape index (κ1) is 25.9. The van der Waals surface area contributed by atoms with Crippen LogP contribution in [0.2, 0.25) is 5.02 Å². The lowest BCUT2D eigenvalue weighted by Gasteiger charge is -2.28. The number of carbonyl (C=O) groups is 1. The summed E-state index contributed by atoms with van der Waals surface area (Å²) in [6.45, 7) is 4.50. The number of hydrogen-bond acceptors (Lipinski definition) is 3. The Kier molecular flexibility index (Phi) is 7.44. The lowest BCUT2D eigenvalue weighted by atomic mass is 9.96. The number of nitrogens with one attached hydrogen (secondary N) is 2. The number of amides is 1. The molecule has 2 unspecified atom stereocenters. The van der Waals surface area contributed by atoms with Gasteiger partial charge in [0.05, 0.1) is 23.5 Å². The number of nitrogens with zero attached hydrogens (tertiary/aromatic N) is 3. The molecule has 4 aromatic rings. The number of thiocarbonyl (C=S) groups is 1. The van der Waals surface area contributed by atoms with Crippen LogP contribution in [0.1, 0.15) is 41.1 Å². The van der Waals surface area contributed by atoms with Crippen molar-refractivity contribution in [1.29, 1.82) is 0 Å². The normalized spacial score (nSPS) is 16.9. The summed E-state index contributed by atoms with van der Waals surface area (Å²) in [5.41, 5.74) is 5.23. The monoisotopic (exact) mass is 547 g/mol. The van der Waals surface area contributed by atoms with Crippen LogP contribution in [-0.2, 0) is 4.79 Å². The van der Waals surface area contributed by atoms with Crippen molar-refractivity contribution in [2.24, 2.45) is 0 Å². The van der Waals surface area contributed by atoms with Gasteiger partial charge in [-0.1, -0.05) is 29.8 Å². The molecule has 5 rings (SSSR count). The molecule has 1 fully saturated rings. The average molecular weight is 548 g/mol. The first-order valence-electron chi connectivity index (χ1n) is 12.3. The Morgan fingerprint density at radius 2 is 1.84 bits per heavy atom. The van der Waals surface area contributed by atoms with Gasteiger partial charge in [0.2, 0.25) is 5.91 Å². The quantitative estimate of drug-likeness (QED) is 0.267. The molecule has 1 amide bonds. The maximum absolute atomic E-state index is 14.0. The number of para-hydroxylation sites is 1. The van der Waals surface area contributed by atoms with Gasteiger partial charge in [-0.25, -0.2) is 4.39 Å². The van der Waals surface area contributed by atoms with E-state index in [-0.39, 0.29) is 30.1 Å². The van der Waals surface area contributed by atoms with Crippen molar-refractivity contribution in [2.45, 2.75) is 32.4 Å². The number of anilines is 1. The zero-order valence-electron chi connectivity index (χ0n) is 21.0. The van der Waals surface area contributed by atoms with Gasteiger partial charge in [-0.3, -0.25) is 9.78 Å². The molecule has 0 spiro atoms. The fourth-order valence-corrected chi connectivity index (χ4v) is 5.51. The summed E-state index contributed by atoms with van der Waals surface area (Å²) >= 11 is 11.9. The molecule has 0 saturated carbocycles. The molecular weight excluding hydrogens is 521 g/mol. The molecule has 38 heavy (non-hydrogen) atoms. The largest absolute Gasteiger partial charge is 0.352 e. The lowest BCUT2D eigenvalue weighted by Crippen LogP contribution is -2.33. The smallest absolute Gasteiger partial charge is 0.226 e. The van der Waals surface area contributed by atoms with E-state index in [1.807, 2.05) is 47.4 Å². The minimum Gasteiger partial charge on any atom is -0.352 e. The third kappa shape index (κ3) is 5.14. The van der Waals surface area contributed by atoms with Gasteiger partial charge in [0, 0.05) is 41.3 Å². The Morgan fingerprint density at radius 1 is 1.11 bits per heavy atom. The molecule has 1 aliphatic heterocycles. The predicted molar refractivity (Wildman–Crippen MR) is 152 cm³/mol. The van der Waals surface area contributed by atoms with Gasteiger partial charge in [0.15, 0.2) is 5.11 Å². The number of aryl methyl sites for hydroxylation is 1. The number of aromatic nitrogens is 2. The van der Waals surface area contributed by atoms with Crippen molar-refractivity contribution in [3.05, 3.63) is 112 Å². The molecule has 3 heterocycles. The molecule has 1 aliphatic rings. The van der Waals surface area contributed by atoms with Gasteiger partial charge in [0.1, 0.15) is 5.82 Å². The van der Waals surface area contributed by atoms with E-state index in [0.29, 0.717) is 16.7 Å². The Morgan fingerprint density at radius 3 is 2.55 bits per heavy atom. The number of halogens is 2.